The number of methoxy groups -OCH3 is 1. The summed E-state index contributed by atoms with van der Waals surface area (Å²) in [6.07, 6.45) is 1.67. The molecule has 33 heavy (non-hydrogen) atoms. The van der Waals surface area contributed by atoms with E-state index in [1.54, 1.807) is 13.3 Å². The molecule has 2 aromatic carbocycles. The number of ether oxygens (including phenoxy) is 1. The third-order valence-corrected chi connectivity index (χ3v) is 6.09. The molecule has 164 valence electrons. The van der Waals surface area contributed by atoms with Gasteiger partial charge in [0.1, 0.15) is 17.1 Å². The van der Waals surface area contributed by atoms with E-state index >= 15 is 0 Å². The van der Waals surface area contributed by atoms with Gasteiger partial charge in [-0.2, -0.15) is 0 Å². The lowest BCUT2D eigenvalue weighted by Crippen LogP contribution is -2.26. The Kier molecular flexibility index (Phi) is 5.43. The summed E-state index contributed by atoms with van der Waals surface area (Å²) in [5.74, 6) is 1.78. The maximum atomic E-state index is 6.24. The second-order valence-electron chi connectivity index (χ2n) is 7.43. The summed E-state index contributed by atoms with van der Waals surface area (Å²) in [5, 5.41) is 1.98. The van der Waals surface area contributed by atoms with Gasteiger partial charge in [0, 0.05) is 24.9 Å². The molecule has 7 nitrogen and oxygen atoms in total. The van der Waals surface area contributed by atoms with Crippen LogP contribution in [0.1, 0.15) is 0 Å². The van der Waals surface area contributed by atoms with Crippen molar-refractivity contribution >= 4 is 38.6 Å². The maximum absolute atomic E-state index is 6.24. The smallest absolute Gasteiger partial charge is 0.180 e. The number of hydrogen-bond donors (Lipinski definition) is 1. The average molecular weight is 501 g/mol. The number of anilines is 2. The first-order valence-corrected chi connectivity index (χ1v) is 11.1. The summed E-state index contributed by atoms with van der Waals surface area (Å²) in [6, 6.07) is 23.7. The highest BCUT2D eigenvalue weighted by atomic mass is 79.9. The van der Waals surface area contributed by atoms with Gasteiger partial charge < -0.3 is 10.5 Å². The van der Waals surface area contributed by atoms with Crippen molar-refractivity contribution in [2.24, 2.45) is 0 Å². The molecular formula is C25H21BrN6O. The van der Waals surface area contributed by atoms with E-state index in [1.807, 2.05) is 89.5 Å². The van der Waals surface area contributed by atoms with Crippen LogP contribution in [0.15, 0.2) is 83.5 Å². The summed E-state index contributed by atoms with van der Waals surface area (Å²) in [5.41, 5.74) is 11.2. The summed E-state index contributed by atoms with van der Waals surface area (Å²) in [7, 11) is 3.60. The molecule has 0 aliphatic heterocycles. The van der Waals surface area contributed by atoms with Crippen LogP contribution in [0.2, 0.25) is 0 Å². The number of halogens is 1. The van der Waals surface area contributed by atoms with E-state index in [0.717, 1.165) is 38.2 Å². The number of nitrogens with zero attached hydrogens (tertiary/aromatic N) is 5. The van der Waals surface area contributed by atoms with Crippen LogP contribution in [0, 0.1) is 0 Å². The molecule has 0 unspecified atom stereocenters. The minimum atomic E-state index is 0.402. The zero-order valence-corrected chi connectivity index (χ0v) is 19.7. The fraction of sp³-hybridized carbons (Fsp3) is 0.0800. The van der Waals surface area contributed by atoms with Crippen LogP contribution >= 0.6 is 15.9 Å². The Balaban J connectivity index is 1.76. The number of benzene rings is 2. The Morgan fingerprint density at radius 1 is 0.970 bits per heavy atom. The number of nitrogens with two attached hydrogens (primary N) is 1. The van der Waals surface area contributed by atoms with Crippen molar-refractivity contribution in [1.29, 1.82) is 0 Å². The molecule has 3 aromatic heterocycles. The molecule has 0 spiro atoms. The molecule has 0 fully saturated rings. The van der Waals surface area contributed by atoms with Crippen LogP contribution in [-0.2, 0) is 0 Å². The number of fused-ring (bicyclic) bond motifs is 1. The Hall–Kier alpha value is -3.91. The molecule has 5 rings (SSSR count). The van der Waals surface area contributed by atoms with Crippen molar-refractivity contribution in [1.82, 2.24) is 19.6 Å². The number of imidazole rings is 1. The fourth-order valence-electron chi connectivity index (χ4n) is 3.75. The van der Waals surface area contributed by atoms with Gasteiger partial charge in [-0.15, -0.1) is 0 Å². The Morgan fingerprint density at radius 3 is 2.55 bits per heavy atom. The van der Waals surface area contributed by atoms with Crippen LogP contribution in [-0.4, -0.2) is 33.8 Å². The normalized spacial score (nSPS) is 11.0. The minimum absolute atomic E-state index is 0.402. The van der Waals surface area contributed by atoms with E-state index < -0.39 is 0 Å². The maximum Gasteiger partial charge on any atom is 0.180 e. The highest BCUT2D eigenvalue weighted by Crippen LogP contribution is 2.33. The van der Waals surface area contributed by atoms with Crippen LogP contribution in [0.3, 0.4) is 0 Å². The zero-order valence-electron chi connectivity index (χ0n) is 18.1. The molecule has 5 aromatic rings. The van der Waals surface area contributed by atoms with Crippen molar-refractivity contribution < 1.29 is 4.74 Å². The second kappa shape index (κ2) is 8.55. The van der Waals surface area contributed by atoms with E-state index in [-0.39, 0.29) is 0 Å². The van der Waals surface area contributed by atoms with Crippen molar-refractivity contribution in [3.8, 4) is 28.4 Å². The van der Waals surface area contributed by atoms with Crippen LogP contribution in [0.5, 0.6) is 5.75 Å². The number of hydrogen-bond acceptors (Lipinski definition) is 6. The highest BCUT2D eigenvalue weighted by Gasteiger charge is 2.21. The fourth-order valence-corrected chi connectivity index (χ4v) is 4.15. The monoisotopic (exact) mass is 500 g/mol. The molecule has 0 radical (unpaired) electrons. The number of nitrogen functional groups attached to an aromatic ring is 1. The van der Waals surface area contributed by atoms with Gasteiger partial charge in [-0.3, -0.25) is 5.01 Å². The molecule has 8 heteroatoms. The van der Waals surface area contributed by atoms with Crippen LogP contribution in [0.4, 0.5) is 11.5 Å². The molecule has 0 saturated heterocycles. The molecule has 2 N–H and O–H groups in total. The third kappa shape index (κ3) is 3.78. The standard InChI is InChI=1S/C25H21BrN6O/c1-31(17-10-11-19(26)22(15-17)33-2)32-24(18-9-6-14-28-23(18)27)30-21-13-12-20(29-25(21)32)16-7-4-3-5-8-16/h3-15H,1-2H3,(H2,27,28). The van der Waals surface area contributed by atoms with Gasteiger partial charge in [0.25, 0.3) is 0 Å². The Labute approximate surface area is 199 Å². The molecule has 0 aliphatic carbocycles. The van der Waals surface area contributed by atoms with Gasteiger partial charge in [-0.05, 0) is 52.3 Å². The lowest BCUT2D eigenvalue weighted by molar-refractivity contribution is 0.412. The average Bonchev–Trinajstić information content (AvgIpc) is 3.23. The van der Waals surface area contributed by atoms with Gasteiger partial charge in [0.2, 0.25) is 0 Å². The van der Waals surface area contributed by atoms with E-state index in [1.165, 1.54) is 0 Å². The van der Waals surface area contributed by atoms with Crippen molar-refractivity contribution in [3.63, 3.8) is 0 Å². The van der Waals surface area contributed by atoms with Gasteiger partial charge in [-0.25, -0.2) is 19.6 Å². The topological polar surface area (TPSA) is 82.1 Å². The molecule has 0 aliphatic rings. The van der Waals surface area contributed by atoms with Crippen molar-refractivity contribution in [2.45, 2.75) is 0 Å². The van der Waals surface area contributed by atoms with E-state index in [4.69, 9.17) is 20.4 Å². The Morgan fingerprint density at radius 2 is 1.79 bits per heavy atom. The van der Waals surface area contributed by atoms with Crippen LogP contribution < -0.4 is 15.5 Å². The number of pyridine rings is 2. The second-order valence-corrected chi connectivity index (χ2v) is 8.29. The van der Waals surface area contributed by atoms with Gasteiger partial charge in [0.15, 0.2) is 11.5 Å². The number of rotatable bonds is 5. The number of aromatic nitrogens is 4. The lowest BCUT2D eigenvalue weighted by atomic mass is 10.1. The predicted octanol–water partition coefficient (Wildman–Crippen LogP) is 5.41. The molecule has 0 bridgehead atoms. The summed E-state index contributed by atoms with van der Waals surface area (Å²) >= 11 is 3.52. The molecule has 0 atom stereocenters. The third-order valence-electron chi connectivity index (χ3n) is 5.44. The van der Waals surface area contributed by atoms with Gasteiger partial charge in [-0.1, -0.05) is 30.3 Å². The SMILES string of the molecule is COc1cc(N(C)n2c(-c3cccnc3N)nc3ccc(-c4ccccc4)nc32)ccc1Br. The van der Waals surface area contributed by atoms with E-state index in [0.29, 0.717) is 17.3 Å². The first-order valence-electron chi connectivity index (χ1n) is 10.3. The first kappa shape index (κ1) is 21.0. The summed E-state index contributed by atoms with van der Waals surface area (Å²) in [4.78, 5) is 14.1. The largest absolute Gasteiger partial charge is 0.495 e. The Bertz CT molecular complexity index is 1450. The van der Waals surface area contributed by atoms with Gasteiger partial charge in [0.05, 0.1) is 28.5 Å². The first-order chi connectivity index (χ1) is 16.1. The summed E-state index contributed by atoms with van der Waals surface area (Å²) in [6.45, 7) is 0. The van der Waals surface area contributed by atoms with E-state index in [2.05, 4.69) is 20.9 Å². The van der Waals surface area contributed by atoms with Crippen LogP contribution in [0.25, 0.3) is 33.8 Å². The summed E-state index contributed by atoms with van der Waals surface area (Å²) < 4.78 is 8.34. The van der Waals surface area contributed by atoms with Gasteiger partial charge >= 0.3 is 0 Å². The molecule has 0 amide bonds. The van der Waals surface area contributed by atoms with Crippen molar-refractivity contribution in [2.75, 3.05) is 24.9 Å². The molecule has 3 heterocycles. The lowest BCUT2D eigenvalue weighted by Gasteiger charge is -2.24. The zero-order chi connectivity index (χ0) is 22.9. The quantitative estimate of drug-likeness (QED) is 0.347. The molecular weight excluding hydrogens is 480 g/mol. The van der Waals surface area contributed by atoms with Crippen molar-refractivity contribution in [3.05, 3.63) is 83.5 Å². The molecule has 0 saturated carbocycles. The minimum Gasteiger partial charge on any atom is -0.495 e. The van der Waals surface area contributed by atoms with E-state index in [9.17, 15) is 0 Å². The highest BCUT2D eigenvalue weighted by molar-refractivity contribution is 9.10. The predicted molar refractivity (Wildman–Crippen MR) is 135 cm³/mol.